The smallest absolute Gasteiger partial charge is 0.155 e. The molecule has 0 aliphatic carbocycles. The molecule has 0 N–H and O–H groups in total. The molecule has 0 bridgehead atoms. The zero-order valence-electron chi connectivity index (χ0n) is 12.6. The molecule has 4 nitrogen and oxygen atoms in total. The molecule has 1 aromatic rings. The van der Waals surface area contributed by atoms with Crippen LogP contribution in [-0.4, -0.2) is 62.5 Å². The predicted octanol–water partition coefficient (Wildman–Crippen LogP) is 1.44. The molecule has 1 unspecified atom stereocenters. The molecule has 1 aliphatic rings. The van der Waals surface area contributed by atoms with Crippen LogP contribution < -0.4 is 4.74 Å². The van der Waals surface area contributed by atoms with Gasteiger partial charge in [0.1, 0.15) is 5.75 Å². The van der Waals surface area contributed by atoms with Gasteiger partial charge in [0.25, 0.3) is 0 Å². The number of hydrogen-bond acceptors (Lipinski definition) is 4. The number of ketones is 1. The lowest BCUT2D eigenvalue weighted by molar-refractivity contribution is -0.123. The molecule has 1 saturated heterocycles. The molecule has 1 fully saturated rings. The van der Waals surface area contributed by atoms with Gasteiger partial charge in [-0.25, -0.2) is 0 Å². The highest BCUT2D eigenvalue weighted by atomic mass is 16.5. The van der Waals surface area contributed by atoms with E-state index in [-0.39, 0.29) is 11.8 Å². The van der Waals surface area contributed by atoms with E-state index >= 15 is 0 Å². The number of rotatable bonds is 4. The maximum Gasteiger partial charge on any atom is 0.155 e. The van der Waals surface area contributed by atoms with Crippen LogP contribution in [0.1, 0.15) is 12.0 Å². The van der Waals surface area contributed by atoms with Crippen LogP contribution in [-0.2, 0) is 11.2 Å². The third kappa shape index (κ3) is 3.58. The average Bonchev–Trinajstić information content (AvgIpc) is 2.61. The first-order chi connectivity index (χ1) is 9.61. The topological polar surface area (TPSA) is 32.8 Å². The van der Waals surface area contributed by atoms with Crippen molar-refractivity contribution in [3.05, 3.63) is 29.8 Å². The second-order valence-electron chi connectivity index (χ2n) is 5.57. The van der Waals surface area contributed by atoms with E-state index in [1.165, 1.54) is 0 Å². The normalized spacial score (nSPS) is 21.4. The van der Waals surface area contributed by atoms with Gasteiger partial charge in [-0.2, -0.15) is 0 Å². The molecule has 1 aliphatic heterocycles. The summed E-state index contributed by atoms with van der Waals surface area (Å²) in [6.45, 7) is 2.85. The molecule has 0 spiro atoms. The fourth-order valence-corrected chi connectivity index (χ4v) is 2.77. The van der Waals surface area contributed by atoms with Gasteiger partial charge in [0.2, 0.25) is 0 Å². The maximum atomic E-state index is 12.6. The maximum absolute atomic E-state index is 12.6. The monoisotopic (exact) mass is 276 g/mol. The number of benzene rings is 1. The summed E-state index contributed by atoms with van der Waals surface area (Å²) in [6.07, 6.45) is 1.55. The minimum atomic E-state index is -0.0209. The van der Waals surface area contributed by atoms with Gasteiger partial charge in [-0.3, -0.25) is 9.69 Å². The molecule has 110 valence electrons. The molecule has 4 heteroatoms. The Bertz CT molecular complexity index is 462. The number of ether oxygens (including phenoxy) is 1. The van der Waals surface area contributed by atoms with Crippen molar-refractivity contribution in [2.24, 2.45) is 0 Å². The van der Waals surface area contributed by atoms with Crippen molar-refractivity contribution < 1.29 is 9.53 Å². The van der Waals surface area contributed by atoms with Crippen LogP contribution in [0.15, 0.2) is 24.3 Å². The van der Waals surface area contributed by atoms with E-state index in [1.54, 1.807) is 7.11 Å². The minimum Gasteiger partial charge on any atom is -0.496 e. The van der Waals surface area contributed by atoms with E-state index in [0.29, 0.717) is 6.42 Å². The van der Waals surface area contributed by atoms with Crippen molar-refractivity contribution in [3.63, 3.8) is 0 Å². The van der Waals surface area contributed by atoms with Crippen LogP contribution in [0.4, 0.5) is 0 Å². The number of Topliss-reactive ketones (excluding diaryl/α,β-unsaturated/α-hetero) is 1. The fourth-order valence-electron chi connectivity index (χ4n) is 2.77. The summed E-state index contributed by atoms with van der Waals surface area (Å²) in [5, 5.41) is 0. The van der Waals surface area contributed by atoms with Gasteiger partial charge in [-0.15, -0.1) is 0 Å². The van der Waals surface area contributed by atoms with Crippen LogP contribution in [0.2, 0.25) is 0 Å². The van der Waals surface area contributed by atoms with Crippen LogP contribution in [0.25, 0.3) is 0 Å². The summed E-state index contributed by atoms with van der Waals surface area (Å²) in [5.41, 5.74) is 0.973. The Morgan fingerprint density at radius 1 is 1.30 bits per heavy atom. The number of likely N-dealkylation sites (N-methyl/N-ethyl adjacent to an activating group) is 2. The molecule has 1 atom stereocenters. The van der Waals surface area contributed by atoms with Crippen molar-refractivity contribution in [2.75, 3.05) is 40.8 Å². The Labute approximate surface area is 121 Å². The van der Waals surface area contributed by atoms with Gasteiger partial charge < -0.3 is 9.64 Å². The Hall–Kier alpha value is -1.39. The molecule has 0 aromatic heterocycles. The van der Waals surface area contributed by atoms with E-state index in [2.05, 4.69) is 16.8 Å². The summed E-state index contributed by atoms with van der Waals surface area (Å²) < 4.78 is 5.33. The Morgan fingerprint density at radius 2 is 2.05 bits per heavy atom. The first-order valence-electron chi connectivity index (χ1n) is 7.15. The van der Waals surface area contributed by atoms with E-state index in [1.807, 2.05) is 31.3 Å². The van der Waals surface area contributed by atoms with Crippen molar-refractivity contribution in [1.82, 2.24) is 9.80 Å². The molecule has 0 amide bonds. The van der Waals surface area contributed by atoms with Gasteiger partial charge in [0.05, 0.1) is 13.2 Å². The van der Waals surface area contributed by atoms with Gasteiger partial charge >= 0.3 is 0 Å². The third-order valence-corrected chi connectivity index (χ3v) is 4.00. The lowest BCUT2D eigenvalue weighted by atomic mass is 10.0. The molecule has 0 saturated carbocycles. The number of carbonyl (C=O) groups is 1. The van der Waals surface area contributed by atoms with Crippen LogP contribution in [0, 0.1) is 0 Å². The van der Waals surface area contributed by atoms with E-state index in [4.69, 9.17) is 4.74 Å². The average molecular weight is 276 g/mol. The fraction of sp³-hybridized carbons (Fsp3) is 0.562. The minimum absolute atomic E-state index is 0.0209. The van der Waals surface area contributed by atoms with Crippen LogP contribution in [0.5, 0.6) is 5.75 Å². The summed E-state index contributed by atoms with van der Waals surface area (Å²) >= 11 is 0. The molecule has 0 radical (unpaired) electrons. The van der Waals surface area contributed by atoms with Crippen molar-refractivity contribution in [3.8, 4) is 5.75 Å². The standard InChI is InChI=1S/C16H24N2O2/c1-17-9-6-10-18(2)14(12-17)15(19)11-13-7-4-5-8-16(13)20-3/h4-5,7-8,14H,6,9-12H2,1-3H3. The number of methoxy groups -OCH3 is 1. The highest BCUT2D eigenvalue weighted by Gasteiger charge is 2.27. The summed E-state index contributed by atoms with van der Waals surface area (Å²) in [4.78, 5) is 17.0. The molecular weight excluding hydrogens is 252 g/mol. The Balaban J connectivity index is 2.10. The Morgan fingerprint density at radius 3 is 2.80 bits per heavy atom. The van der Waals surface area contributed by atoms with Gasteiger partial charge in [-0.05, 0) is 39.7 Å². The second-order valence-corrected chi connectivity index (χ2v) is 5.57. The highest BCUT2D eigenvalue weighted by Crippen LogP contribution is 2.19. The van der Waals surface area contributed by atoms with E-state index < -0.39 is 0 Å². The SMILES string of the molecule is COc1ccccc1CC(=O)C1CN(C)CCCN1C. The van der Waals surface area contributed by atoms with E-state index in [9.17, 15) is 4.79 Å². The van der Waals surface area contributed by atoms with Crippen molar-refractivity contribution in [1.29, 1.82) is 0 Å². The lowest BCUT2D eigenvalue weighted by Gasteiger charge is -2.26. The lowest BCUT2D eigenvalue weighted by Crippen LogP contribution is -2.44. The summed E-state index contributed by atoms with van der Waals surface area (Å²) in [5.74, 6) is 1.07. The molecule has 20 heavy (non-hydrogen) atoms. The second kappa shape index (κ2) is 6.86. The molecular formula is C16H24N2O2. The molecule has 2 rings (SSSR count). The number of para-hydroxylation sites is 1. The quantitative estimate of drug-likeness (QED) is 0.833. The predicted molar refractivity (Wildman–Crippen MR) is 80.2 cm³/mol. The van der Waals surface area contributed by atoms with Gasteiger partial charge in [0, 0.05) is 18.5 Å². The number of carbonyl (C=O) groups excluding carboxylic acids is 1. The highest BCUT2D eigenvalue weighted by molar-refractivity contribution is 5.86. The Kier molecular flexibility index (Phi) is 5.15. The number of nitrogens with zero attached hydrogens (tertiary/aromatic N) is 2. The zero-order chi connectivity index (χ0) is 14.5. The van der Waals surface area contributed by atoms with E-state index in [0.717, 1.165) is 37.4 Å². The molecule has 1 heterocycles. The van der Waals surface area contributed by atoms with Crippen molar-refractivity contribution >= 4 is 5.78 Å². The van der Waals surface area contributed by atoms with Gasteiger partial charge in [0.15, 0.2) is 5.78 Å². The summed E-state index contributed by atoms with van der Waals surface area (Å²) in [6, 6.07) is 7.74. The first kappa shape index (κ1) is 15.0. The van der Waals surface area contributed by atoms with Gasteiger partial charge in [-0.1, -0.05) is 18.2 Å². The zero-order valence-corrected chi connectivity index (χ0v) is 12.6. The van der Waals surface area contributed by atoms with Crippen LogP contribution >= 0.6 is 0 Å². The van der Waals surface area contributed by atoms with Crippen molar-refractivity contribution in [2.45, 2.75) is 18.9 Å². The summed E-state index contributed by atoms with van der Waals surface area (Å²) in [7, 11) is 5.78. The largest absolute Gasteiger partial charge is 0.496 e. The number of hydrogen-bond donors (Lipinski definition) is 0. The molecule has 1 aromatic carbocycles. The van der Waals surface area contributed by atoms with Crippen LogP contribution in [0.3, 0.4) is 0 Å². The first-order valence-corrected chi connectivity index (χ1v) is 7.15. The third-order valence-electron chi connectivity index (χ3n) is 4.00.